The Morgan fingerprint density at radius 3 is 3.00 bits per heavy atom. The lowest BCUT2D eigenvalue weighted by molar-refractivity contribution is -0.159. The van der Waals surface area contributed by atoms with Crippen molar-refractivity contribution in [2.45, 2.75) is 19.4 Å². The maximum absolute atomic E-state index is 10.7. The predicted octanol–water partition coefficient (Wildman–Crippen LogP) is 1.14. The van der Waals surface area contributed by atoms with Crippen molar-refractivity contribution < 1.29 is 14.3 Å². The number of rotatable bonds is 4. The van der Waals surface area contributed by atoms with Gasteiger partial charge in [0.25, 0.3) is 0 Å². The van der Waals surface area contributed by atoms with Gasteiger partial charge in [0.15, 0.2) is 0 Å². The Morgan fingerprint density at radius 2 is 2.58 bits per heavy atom. The standard InChI is InChI=1S/C9H14O3/c1-3-8-7(5-11-8)6-12-9(10)4-2/h4,7-8H,2-3,5-6H2,1H3. The van der Waals surface area contributed by atoms with Gasteiger partial charge in [-0.1, -0.05) is 13.5 Å². The molecule has 0 N–H and O–H groups in total. The fourth-order valence-electron chi connectivity index (χ4n) is 1.22. The van der Waals surface area contributed by atoms with Crippen molar-refractivity contribution >= 4 is 5.97 Å². The van der Waals surface area contributed by atoms with E-state index < -0.39 is 0 Å². The van der Waals surface area contributed by atoms with Gasteiger partial charge in [-0.05, 0) is 6.42 Å². The molecular weight excluding hydrogens is 156 g/mol. The Hall–Kier alpha value is -0.830. The molecule has 2 unspecified atom stereocenters. The molecule has 0 radical (unpaired) electrons. The molecule has 3 heteroatoms. The monoisotopic (exact) mass is 170 g/mol. The predicted molar refractivity (Wildman–Crippen MR) is 44.7 cm³/mol. The third kappa shape index (κ3) is 2.08. The molecule has 1 aliphatic heterocycles. The van der Waals surface area contributed by atoms with Gasteiger partial charge in [-0.3, -0.25) is 0 Å². The largest absolute Gasteiger partial charge is 0.462 e. The third-order valence-corrected chi connectivity index (χ3v) is 2.06. The van der Waals surface area contributed by atoms with Crippen molar-refractivity contribution in [3.8, 4) is 0 Å². The van der Waals surface area contributed by atoms with Crippen LogP contribution in [0.3, 0.4) is 0 Å². The summed E-state index contributed by atoms with van der Waals surface area (Å²) in [7, 11) is 0. The van der Waals surface area contributed by atoms with Gasteiger partial charge in [0.1, 0.15) is 0 Å². The van der Waals surface area contributed by atoms with Crippen LogP contribution in [0.4, 0.5) is 0 Å². The van der Waals surface area contributed by atoms with Crippen LogP contribution in [-0.4, -0.2) is 25.3 Å². The molecule has 0 saturated carbocycles. The summed E-state index contributed by atoms with van der Waals surface area (Å²) in [4.78, 5) is 10.7. The quantitative estimate of drug-likeness (QED) is 0.469. The Bertz CT molecular complexity index is 175. The molecule has 0 aromatic rings. The number of esters is 1. The maximum Gasteiger partial charge on any atom is 0.330 e. The Balaban J connectivity index is 2.15. The van der Waals surface area contributed by atoms with E-state index in [0.29, 0.717) is 19.1 Å². The van der Waals surface area contributed by atoms with Crippen LogP contribution in [0.25, 0.3) is 0 Å². The van der Waals surface area contributed by atoms with E-state index in [1.165, 1.54) is 6.08 Å². The zero-order chi connectivity index (χ0) is 8.97. The average molecular weight is 170 g/mol. The van der Waals surface area contributed by atoms with E-state index in [-0.39, 0.29) is 12.1 Å². The molecule has 0 amide bonds. The molecule has 3 nitrogen and oxygen atoms in total. The lowest BCUT2D eigenvalue weighted by atomic mass is 9.97. The normalized spacial score (nSPS) is 27.4. The number of hydrogen-bond donors (Lipinski definition) is 0. The fourth-order valence-corrected chi connectivity index (χ4v) is 1.22. The van der Waals surface area contributed by atoms with Crippen molar-refractivity contribution in [1.82, 2.24) is 0 Å². The number of carbonyl (C=O) groups is 1. The highest BCUT2D eigenvalue weighted by Gasteiger charge is 2.31. The summed E-state index contributed by atoms with van der Waals surface area (Å²) in [6.45, 7) is 6.55. The second kappa shape index (κ2) is 4.26. The molecule has 12 heavy (non-hydrogen) atoms. The summed E-state index contributed by atoms with van der Waals surface area (Å²) in [5, 5.41) is 0. The first-order valence-corrected chi connectivity index (χ1v) is 4.18. The number of ether oxygens (including phenoxy) is 2. The van der Waals surface area contributed by atoms with Crippen molar-refractivity contribution in [3.05, 3.63) is 12.7 Å². The first-order chi connectivity index (χ1) is 5.77. The molecule has 1 saturated heterocycles. The fraction of sp³-hybridized carbons (Fsp3) is 0.667. The molecule has 1 heterocycles. The molecule has 0 aromatic carbocycles. The maximum atomic E-state index is 10.7. The molecule has 0 bridgehead atoms. The minimum atomic E-state index is -0.350. The average Bonchev–Trinajstić information content (AvgIpc) is 2.03. The zero-order valence-electron chi connectivity index (χ0n) is 7.29. The van der Waals surface area contributed by atoms with E-state index in [4.69, 9.17) is 9.47 Å². The van der Waals surface area contributed by atoms with E-state index in [9.17, 15) is 4.79 Å². The summed E-state index contributed by atoms with van der Waals surface area (Å²) in [6.07, 6.45) is 2.44. The van der Waals surface area contributed by atoms with Crippen molar-refractivity contribution in [3.63, 3.8) is 0 Å². The number of carbonyl (C=O) groups excluding carboxylic acids is 1. The van der Waals surface area contributed by atoms with Crippen molar-refractivity contribution in [2.75, 3.05) is 13.2 Å². The Kier molecular flexibility index (Phi) is 3.29. The highest BCUT2D eigenvalue weighted by atomic mass is 16.5. The van der Waals surface area contributed by atoms with Crippen molar-refractivity contribution in [1.29, 1.82) is 0 Å². The topological polar surface area (TPSA) is 35.5 Å². The first kappa shape index (κ1) is 9.26. The van der Waals surface area contributed by atoms with Crippen LogP contribution in [0, 0.1) is 5.92 Å². The van der Waals surface area contributed by atoms with Gasteiger partial charge < -0.3 is 9.47 Å². The van der Waals surface area contributed by atoms with Crippen LogP contribution in [0.15, 0.2) is 12.7 Å². The van der Waals surface area contributed by atoms with E-state index in [2.05, 4.69) is 13.5 Å². The summed E-state index contributed by atoms with van der Waals surface area (Å²) in [5.74, 6) is 0.0376. The summed E-state index contributed by atoms with van der Waals surface area (Å²) in [6, 6.07) is 0. The van der Waals surface area contributed by atoms with Crippen molar-refractivity contribution in [2.24, 2.45) is 5.92 Å². The molecule has 2 atom stereocenters. The number of hydrogen-bond acceptors (Lipinski definition) is 3. The SMILES string of the molecule is C=CC(=O)OCC1COC1CC. The van der Waals surface area contributed by atoms with E-state index >= 15 is 0 Å². The van der Waals surface area contributed by atoms with Gasteiger partial charge in [-0.2, -0.15) is 0 Å². The minimum Gasteiger partial charge on any atom is -0.462 e. The molecule has 0 aromatic heterocycles. The summed E-state index contributed by atoms with van der Waals surface area (Å²) < 4.78 is 10.1. The van der Waals surface area contributed by atoms with E-state index in [1.54, 1.807) is 0 Å². The molecule has 68 valence electrons. The highest BCUT2D eigenvalue weighted by molar-refractivity contribution is 5.81. The summed E-state index contributed by atoms with van der Waals surface area (Å²) in [5.41, 5.74) is 0. The third-order valence-electron chi connectivity index (χ3n) is 2.06. The Labute approximate surface area is 72.4 Å². The van der Waals surface area contributed by atoms with Crippen LogP contribution in [0.2, 0.25) is 0 Å². The van der Waals surface area contributed by atoms with Gasteiger partial charge in [-0.15, -0.1) is 0 Å². The molecular formula is C9H14O3. The zero-order valence-corrected chi connectivity index (χ0v) is 7.29. The lowest BCUT2D eigenvalue weighted by Gasteiger charge is -2.35. The van der Waals surface area contributed by atoms with Crippen LogP contribution in [-0.2, 0) is 14.3 Å². The van der Waals surface area contributed by atoms with Crippen LogP contribution < -0.4 is 0 Å². The minimum absolute atomic E-state index is 0.280. The van der Waals surface area contributed by atoms with E-state index in [1.807, 2.05) is 0 Å². The first-order valence-electron chi connectivity index (χ1n) is 4.18. The molecule has 1 rings (SSSR count). The van der Waals surface area contributed by atoms with Crippen LogP contribution in [0.5, 0.6) is 0 Å². The van der Waals surface area contributed by atoms with Gasteiger partial charge in [0, 0.05) is 12.0 Å². The Morgan fingerprint density at radius 1 is 1.83 bits per heavy atom. The van der Waals surface area contributed by atoms with Crippen LogP contribution in [0.1, 0.15) is 13.3 Å². The molecule has 1 aliphatic rings. The lowest BCUT2D eigenvalue weighted by Crippen LogP contribution is -2.42. The second-order valence-electron chi connectivity index (χ2n) is 2.87. The van der Waals surface area contributed by atoms with Crippen LogP contribution >= 0.6 is 0 Å². The van der Waals surface area contributed by atoms with Gasteiger partial charge in [0.2, 0.25) is 0 Å². The molecule has 0 aliphatic carbocycles. The second-order valence-corrected chi connectivity index (χ2v) is 2.87. The summed E-state index contributed by atoms with van der Waals surface area (Å²) >= 11 is 0. The molecule has 0 spiro atoms. The van der Waals surface area contributed by atoms with E-state index in [0.717, 1.165) is 6.42 Å². The highest BCUT2D eigenvalue weighted by Crippen LogP contribution is 2.23. The smallest absolute Gasteiger partial charge is 0.330 e. The molecule has 1 fully saturated rings. The van der Waals surface area contributed by atoms with Gasteiger partial charge >= 0.3 is 5.97 Å². The van der Waals surface area contributed by atoms with Gasteiger partial charge in [-0.25, -0.2) is 4.79 Å². The van der Waals surface area contributed by atoms with Gasteiger partial charge in [0.05, 0.1) is 19.3 Å².